The Morgan fingerprint density at radius 3 is 1.95 bits per heavy atom. The molecule has 16 nitrogen and oxygen atoms in total. The zero-order valence-corrected chi connectivity index (χ0v) is 35.8. The van der Waals surface area contributed by atoms with Crippen molar-refractivity contribution in [3.63, 3.8) is 0 Å². The number of aryl methyl sites for hydroxylation is 1. The minimum atomic E-state index is -4.74. The number of carbonyl (C=O) groups is 4. The van der Waals surface area contributed by atoms with Crippen molar-refractivity contribution in [2.45, 2.75) is 105 Å². The second kappa shape index (κ2) is 20.5. The topological polar surface area (TPSA) is 223 Å². The molecule has 1 fully saturated rings. The normalized spacial score (nSPS) is 16.2. The molecule has 4 rings (SSSR count). The Balaban J connectivity index is 1.71. The number of rotatable bonds is 19. The summed E-state index contributed by atoms with van der Waals surface area (Å²) < 4.78 is 11.0. The van der Waals surface area contributed by atoms with E-state index < -0.39 is 74.0 Å². The van der Waals surface area contributed by atoms with Crippen LogP contribution >= 0.6 is 8.17 Å². The van der Waals surface area contributed by atoms with Crippen LogP contribution in [0.1, 0.15) is 70.5 Å². The summed E-state index contributed by atoms with van der Waals surface area (Å²) in [5, 5.41) is 18.1. The molecule has 1 aliphatic heterocycles. The van der Waals surface area contributed by atoms with E-state index in [4.69, 9.17) is 9.26 Å². The first-order valence-corrected chi connectivity index (χ1v) is 21.2. The summed E-state index contributed by atoms with van der Waals surface area (Å²) in [6, 6.07) is 20.2. The number of ether oxygens (including phenoxy) is 1. The van der Waals surface area contributed by atoms with E-state index in [0.29, 0.717) is 19.6 Å². The lowest BCUT2D eigenvalue weighted by Crippen LogP contribution is -2.59. The van der Waals surface area contributed by atoms with Gasteiger partial charge in [-0.2, -0.15) is 14.7 Å². The molecule has 2 heterocycles. The molecule has 7 N–H and O–H groups in total. The van der Waals surface area contributed by atoms with Gasteiger partial charge >= 0.3 is 20.3 Å². The number of pyridine rings is 1. The van der Waals surface area contributed by atoms with Crippen LogP contribution in [-0.4, -0.2) is 109 Å². The van der Waals surface area contributed by atoms with Crippen LogP contribution in [0.25, 0.3) is 0 Å². The molecule has 17 heteroatoms. The Hall–Kier alpha value is -4.70. The van der Waals surface area contributed by atoms with E-state index in [1.54, 1.807) is 30.6 Å². The lowest BCUT2D eigenvalue weighted by atomic mass is 9.84. The van der Waals surface area contributed by atoms with Gasteiger partial charge < -0.3 is 35.6 Å². The molecule has 0 radical (unpaired) electrons. The van der Waals surface area contributed by atoms with Crippen molar-refractivity contribution in [1.29, 1.82) is 0 Å². The molecule has 1 aromatic heterocycles. The molecule has 5 atom stereocenters. The third-order valence-corrected chi connectivity index (χ3v) is 10.4. The van der Waals surface area contributed by atoms with Gasteiger partial charge in [-0.25, -0.2) is 9.59 Å². The van der Waals surface area contributed by atoms with Crippen LogP contribution < -0.4 is 16.0 Å². The van der Waals surface area contributed by atoms with E-state index >= 15 is 0 Å². The predicted molar refractivity (Wildman–Crippen MR) is 222 cm³/mol. The third kappa shape index (κ3) is 14.8. The Bertz CT molecular complexity index is 1850. The summed E-state index contributed by atoms with van der Waals surface area (Å²) in [6.07, 6.45) is -1.96. The number of aromatic nitrogens is 1. The maximum Gasteiger partial charge on any atom is 0.569 e. The molecule has 0 aliphatic carbocycles. The standard InChI is InChI=1S/C42H59N6O10P/c1-28-15-14-20-31(43-28)26-47-21-22-48(40(47)53)36(42(5,6)7)38(50)44-32(23-29-16-10-8-11-17-29)25-34(57-27-58-59(54,55)56)33(24-30-18-12-9-13-19-30)45-37(49)35(41(2,3)4)46-39(51)52/h8-20,32-36,46,54-56H,21-27H2,1-7H3,(H2-,44,45,49,50,51,52)/p+1/t32-,33-,34-,35+,36+/m0/s1. The monoisotopic (exact) mass is 839 g/mol. The van der Waals surface area contributed by atoms with Gasteiger partial charge in [0.25, 0.3) is 0 Å². The fraction of sp³-hybridized carbons (Fsp3) is 0.500. The molecular formula is C42H60N6O10P+. The number of hydrogen-bond acceptors (Lipinski definition) is 10. The largest absolute Gasteiger partial charge is 0.569 e. The highest BCUT2D eigenvalue weighted by molar-refractivity contribution is 7.53. The summed E-state index contributed by atoms with van der Waals surface area (Å²) in [7, 11) is -4.74. The minimum absolute atomic E-state index is 0.0119. The van der Waals surface area contributed by atoms with E-state index in [0.717, 1.165) is 22.5 Å². The second-order valence-electron chi connectivity index (χ2n) is 17.1. The summed E-state index contributed by atoms with van der Waals surface area (Å²) in [5.41, 5.74) is 1.66. The highest BCUT2D eigenvalue weighted by Crippen LogP contribution is 2.45. The van der Waals surface area contributed by atoms with Crippen molar-refractivity contribution < 1.29 is 48.2 Å². The van der Waals surface area contributed by atoms with Crippen LogP contribution in [-0.2, 0) is 38.2 Å². The molecule has 2 aromatic carbocycles. The number of urea groups is 1. The molecule has 0 saturated carbocycles. The van der Waals surface area contributed by atoms with Gasteiger partial charge in [-0.3, -0.25) is 14.6 Å². The number of carbonyl (C=O) groups excluding carboxylic acids is 3. The maximum atomic E-state index is 14.7. The number of nitrogens with one attached hydrogen (secondary N) is 3. The van der Waals surface area contributed by atoms with Gasteiger partial charge in [-0.05, 0) is 60.3 Å². The van der Waals surface area contributed by atoms with E-state index in [-0.39, 0.29) is 25.3 Å². The average Bonchev–Trinajstić information content (AvgIpc) is 3.47. The van der Waals surface area contributed by atoms with Crippen molar-refractivity contribution >= 4 is 32.1 Å². The molecule has 1 saturated heterocycles. The zero-order chi connectivity index (χ0) is 43.5. The zero-order valence-electron chi connectivity index (χ0n) is 34.9. The first-order chi connectivity index (χ1) is 27.6. The fourth-order valence-corrected chi connectivity index (χ4v) is 7.47. The quantitative estimate of drug-likeness (QED) is 0.0654. The number of benzene rings is 2. The molecular weight excluding hydrogens is 779 g/mol. The van der Waals surface area contributed by atoms with Crippen LogP contribution in [0.2, 0.25) is 0 Å². The van der Waals surface area contributed by atoms with Gasteiger partial charge in [-0.15, -0.1) is 4.52 Å². The summed E-state index contributed by atoms with van der Waals surface area (Å²) in [4.78, 5) is 91.2. The smallest absolute Gasteiger partial charge is 0.465 e. The number of carboxylic acid groups (broad SMARTS) is 1. The van der Waals surface area contributed by atoms with Gasteiger partial charge in [0.15, 0.2) is 6.79 Å². The van der Waals surface area contributed by atoms with E-state index in [1.807, 2.05) is 107 Å². The van der Waals surface area contributed by atoms with Crippen molar-refractivity contribution in [2.24, 2.45) is 10.8 Å². The van der Waals surface area contributed by atoms with E-state index in [9.17, 15) is 39.0 Å². The summed E-state index contributed by atoms with van der Waals surface area (Å²) in [6.45, 7) is 12.9. The van der Waals surface area contributed by atoms with Crippen LogP contribution in [0.3, 0.4) is 0 Å². The Kier molecular flexibility index (Phi) is 16.3. The predicted octanol–water partition coefficient (Wildman–Crippen LogP) is 4.58. The number of nitrogens with zero attached hydrogens (tertiary/aromatic N) is 3. The lowest BCUT2D eigenvalue weighted by molar-refractivity contribution is -0.131. The van der Waals surface area contributed by atoms with Crippen LogP contribution in [0, 0.1) is 17.8 Å². The third-order valence-electron chi connectivity index (χ3n) is 9.97. The first kappa shape index (κ1) is 47.0. The van der Waals surface area contributed by atoms with Crippen molar-refractivity contribution in [2.75, 3.05) is 19.9 Å². The number of hydrogen-bond donors (Lipinski definition) is 7. The van der Waals surface area contributed by atoms with Gasteiger partial charge in [0, 0.05) is 24.8 Å². The van der Waals surface area contributed by atoms with Gasteiger partial charge in [0.2, 0.25) is 11.8 Å². The summed E-state index contributed by atoms with van der Waals surface area (Å²) in [5.74, 6) is -1.05. The highest BCUT2D eigenvalue weighted by atomic mass is 31.2. The minimum Gasteiger partial charge on any atom is -0.465 e. The van der Waals surface area contributed by atoms with Crippen molar-refractivity contribution in [1.82, 2.24) is 30.7 Å². The fourth-order valence-electron chi connectivity index (χ4n) is 7.27. The average molecular weight is 840 g/mol. The Morgan fingerprint density at radius 2 is 1.41 bits per heavy atom. The maximum absolute atomic E-state index is 14.7. The lowest BCUT2D eigenvalue weighted by Gasteiger charge is -2.38. The molecule has 0 bridgehead atoms. The van der Waals surface area contributed by atoms with Crippen LogP contribution in [0.5, 0.6) is 0 Å². The highest BCUT2D eigenvalue weighted by Gasteiger charge is 2.45. The molecule has 1 aliphatic rings. The van der Waals surface area contributed by atoms with Crippen molar-refractivity contribution in [3.8, 4) is 0 Å². The molecule has 0 unspecified atom stereocenters. The van der Waals surface area contributed by atoms with Gasteiger partial charge in [-0.1, -0.05) is 108 Å². The first-order valence-electron chi connectivity index (χ1n) is 19.6. The molecule has 5 amide bonds. The SMILES string of the molecule is Cc1cccc(CN2CCN([C@H](C(=O)N[C@@H](Cc3ccccc3)C[C@H](OCO[P+](O)(O)O)[C@H](Cc3ccccc3)NC(=O)[C@@H](NC(=O)O)C(C)(C)C)C(C)(C)C)C2=O)n1. The Morgan fingerprint density at radius 1 is 0.797 bits per heavy atom. The van der Waals surface area contributed by atoms with E-state index in [1.165, 1.54) is 0 Å². The molecule has 59 heavy (non-hydrogen) atoms. The number of amides is 5. The van der Waals surface area contributed by atoms with E-state index in [2.05, 4.69) is 20.9 Å². The second-order valence-corrected chi connectivity index (χ2v) is 18.4. The molecule has 322 valence electrons. The van der Waals surface area contributed by atoms with Crippen LogP contribution in [0.4, 0.5) is 9.59 Å². The van der Waals surface area contributed by atoms with Gasteiger partial charge in [0.05, 0.1) is 24.4 Å². The van der Waals surface area contributed by atoms with Gasteiger partial charge in [0.1, 0.15) is 12.1 Å². The van der Waals surface area contributed by atoms with Crippen LogP contribution in [0.15, 0.2) is 78.9 Å². The summed E-state index contributed by atoms with van der Waals surface area (Å²) >= 11 is 0. The Labute approximate surface area is 347 Å². The van der Waals surface area contributed by atoms with Crippen molar-refractivity contribution in [3.05, 3.63) is 101 Å². The molecule has 3 aromatic rings. The molecule has 0 spiro atoms.